The third kappa shape index (κ3) is 2.98. The maximum Gasteiger partial charge on any atom is 0.142 e. The Hall–Kier alpha value is -2.43. The largest absolute Gasteiger partial charge is 0.383 e. The van der Waals surface area contributed by atoms with Crippen LogP contribution in [0.15, 0.2) is 24.4 Å². The zero-order valence-corrected chi connectivity index (χ0v) is 15.2. The fourth-order valence-electron chi connectivity index (χ4n) is 2.54. The molecule has 0 saturated heterocycles. The van der Waals surface area contributed by atoms with Crippen molar-refractivity contribution in [1.82, 2.24) is 19.9 Å². The van der Waals surface area contributed by atoms with Crippen LogP contribution in [0, 0.1) is 0 Å². The van der Waals surface area contributed by atoms with Crippen molar-refractivity contribution < 1.29 is 0 Å². The predicted molar refractivity (Wildman–Crippen MR) is 98.9 cm³/mol. The van der Waals surface area contributed by atoms with Crippen molar-refractivity contribution in [3.8, 4) is 11.4 Å². The van der Waals surface area contributed by atoms with E-state index in [-0.39, 0.29) is 10.8 Å². The summed E-state index contributed by atoms with van der Waals surface area (Å²) in [5.41, 5.74) is 10.7. The zero-order chi connectivity index (χ0) is 17.7. The smallest absolute Gasteiger partial charge is 0.142 e. The fraction of sp³-hybridized carbons (Fsp3) is 0.421. The topological polar surface area (TPSA) is 80.5 Å². The summed E-state index contributed by atoms with van der Waals surface area (Å²) in [6.07, 6.45) is 1.83. The molecular formula is C19H25N5. The number of aromatic amines is 1. The highest BCUT2D eigenvalue weighted by molar-refractivity contribution is 5.81. The van der Waals surface area contributed by atoms with Crippen LogP contribution in [-0.2, 0) is 10.8 Å². The van der Waals surface area contributed by atoms with Gasteiger partial charge < -0.3 is 10.7 Å². The molecule has 0 bridgehead atoms. The van der Waals surface area contributed by atoms with Crippen molar-refractivity contribution in [3.63, 3.8) is 0 Å². The second-order valence-electron chi connectivity index (χ2n) is 8.30. The van der Waals surface area contributed by atoms with Crippen LogP contribution in [0.2, 0.25) is 0 Å². The van der Waals surface area contributed by atoms with Crippen LogP contribution in [0.25, 0.3) is 22.4 Å². The Morgan fingerprint density at radius 1 is 0.917 bits per heavy atom. The Balaban J connectivity index is 2.07. The SMILES string of the molecule is CC(C)(C)c1cc2nc(-c3ccc(C(C)(C)C)nc3N)[nH]c2cn1. The lowest BCUT2D eigenvalue weighted by molar-refractivity contribution is 0.570. The van der Waals surface area contributed by atoms with Crippen LogP contribution in [-0.4, -0.2) is 19.9 Å². The molecule has 0 aliphatic rings. The molecule has 5 nitrogen and oxygen atoms in total. The normalized spacial score (nSPS) is 12.8. The van der Waals surface area contributed by atoms with Crippen molar-refractivity contribution in [2.24, 2.45) is 0 Å². The molecule has 3 aromatic rings. The van der Waals surface area contributed by atoms with E-state index in [9.17, 15) is 0 Å². The molecule has 0 fully saturated rings. The molecule has 0 aromatic carbocycles. The summed E-state index contributed by atoms with van der Waals surface area (Å²) < 4.78 is 0. The molecule has 0 saturated carbocycles. The van der Waals surface area contributed by atoms with Crippen LogP contribution >= 0.6 is 0 Å². The number of anilines is 1. The van der Waals surface area contributed by atoms with E-state index >= 15 is 0 Å². The van der Waals surface area contributed by atoms with Gasteiger partial charge in [-0.3, -0.25) is 4.98 Å². The molecular weight excluding hydrogens is 298 g/mol. The third-order valence-electron chi connectivity index (χ3n) is 4.08. The molecule has 0 atom stereocenters. The molecule has 3 heterocycles. The maximum atomic E-state index is 6.18. The van der Waals surface area contributed by atoms with Gasteiger partial charge in [0.15, 0.2) is 0 Å². The molecule has 3 rings (SSSR count). The van der Waals surface area contributed by atoms with E-state index in [1.807, 2.05) is 24.4 Å². The highest BCUT2D eigenvalue weighted by Gasteiger charge is 2.19. The lowest BCUT2D eigenvalue weighted by Gasteiger charge is -2.18. The number of aromatic nitrogens is 4. The number of fused-ring (bicyclic) bond motifs is 1. The number of imidazole rings is 1. The standard InChI is InChI=1S/C19H25N5/c1-18(2,3)14-8-7-11(16(20)24-14)17-22-12-9-15(19(4,5)6)21-10-13(12)23-17/h7-10H,1-6H3,(H2,20,24)(H,22,23). The van der Waals surface area contributed by atoms with Crippen molar-refractivity contribution >= 4 is 16.9 Å². The van der Waals surface area contributed by atoms with E-state index in [0.29, 0.717) is 5.82 Å². The summed E-state index contributed by atoms with van der Waals surface area (Å²) in [4.78, 5) is 17.1. The number of nitrogens with zero attached hydrogens (tertiary/aromatic N) is 3. The molecule has 0 spiro atoms. The monoisotopic (exact) mass is 323 g/mol. The Morgan fingerprint density at radius 2 is 1.58 bits per heavy atom. The van der Waals surface area contributed by atoms with E-state index in [4.69, 9.17) is 10.7 Å². The van der Waals surface area contributed by atoms with Crippen LogP contribution in [0.1, 0.15) is 52.9 Å². The van der Waals surface area contributed by atoms with E-state index in [1.54, 1.807) is 0 Å². The fourth-order valence-corrected chi connectivity index (χ4v) is 2.54. The number of nitrogens with two attached hydrogens (primary N) is 1. The average molecular weight is 323 g/mol. The number of nitrogen functional groups attached to an aromatic ring is 1. The molecule has 0 aliphatic heterocycles. The number of H-pyrrole nitrogens is 1. The van der Waals surface area contributed by atoms with Crippen molar-refractivity contribution in [2.45, 2.75) is 52.4 Å². The number of pyridine rings is 2. The summed E-state index contributed by atoms with van der Waals surface area (Å²) in [5, 5.41) is 0. The van der Waals surface area contributed by atoms with E-state index in [0.717, 1.165) is 33.8 Å². The first kappa shape index (κ1) is 16.4. The Bertz CT molecular complexity index is 894. The van der Waals surface area contributed by atoms with Crippen molar-refractivity contribution in [2.75, 3.05) is 5.73 Å². The van der Waals surface area contributed by atoms with Gasteiger partial charge in [0.05, 0.1) is 22.8 Å². The van der Waals surface area contributed by atoms with Crippen LogP contribution in [0.4, 0.5) is 5.82 Å². The average Bonchev–Trinajstić information content (AvgIpc) is 2.87. The minimum atomic E-state index is -0.0357. The van der Waals surface area contributed by atoms with Gasteiger partial charge in [0.1, 0.15) is 11.6 Å². The van der Waals surface area contributed by atoms with Gasteiger partial charge in [-0.25, -0.2) is 9.97 Å². The second kappa shape index (κ2) is 5.30. The zero-order valence-electron chi connectivity index (χ0n) is 15.2. The van der Waals surface area contributed by atoms with Crippen molar-refractivity contribution in [3.05, 3.63) is 35.8 Å². The van der Waals surface area contributed by atoms with Crippen LogP contribution in [0.5, 0.6) is 0 Å². The summed E-state index contributed by atoms with van der Waals surface area (Å²) in [7, 11) is 0. The van der Waals surface area contributed by atoms with E-state index in [2.05, 4.69) is 56.5 Å². The third-order valence-corrected chi connectivity index (χ3v) is 4.08. The Morgan fingerprint density at radius 3 is 2.17 bits per heavy atom. The number of nitrogens with one attached hydrogen (secondary N) is 1. The van der Waals surface area contributed by atoms with Gasteiger partial charge in [-0.2, -0.15) is 0 Å². The first-order chi connectivity index (χ1) is 11.1. The molecule has 0 radical (unpaired) electrons. The molecule has 3 N–H and O–H groups in total. The van der Waals surface area contributed by atoms with E-state index < -0.39 is 0 Å². The Kier molecular flexibility index (Phi) is 3.62. The minimum absolute atomic E-state index is 0.0117. The number of hydrogen-bond acceptors (Lipinski definition) is 4. The molecule has 0 aliphatic carbocycles. The molecule has 0 unspecified atom stereocenters. The highest BCUT2D eigenvalue weighted by atomic mass is 15.0. The lowest BCUT2D eigenvalue weighted by atomic mass is 9.91. The maximum absolute atomic E-state index is 6.18. The number of hydrogen-bond donors (Lipinski definition) is 2. The van der Waals surface area contributed by atoms with Gasteiger partial charge >= 0.3 is 0 Å². The van der Waals surface area contributed by atoms with Gasteiger partial charge in [0.25, 0.3) is 0 Å². The van der Waals surface area contributed by atoms with Gasteiger partial charge in [-0.05, 0) is 18.2 Å². The van der Waals surface area contributed by atoms with Crippen molar-refractivity contribution in [1.29, 1.82) is 0 Å². The molecule has 24 heavy (non-hydrogen) atoms. The Labute approximate surface area is 142 Å². The highest BCUT2D eigenvalue weighted by Crippen LogP contribution is 2.29. The second-order valence-corrected chi connectivity index (χ2v) is 8.30. The minimum Gasteiger partial charge on any atom is -0.383 e. The summed E-state index contributed by atoms with van der Waals surface area (Å²) in [6.45, 7) is 12.8. The van der Waals surface area contributed by atoms with E-state index in [1.165, 1.54) is 0 Å². The number of rotatable bonds is 1. The van der Waals surface area contributed by atoms with Gasteiger partial charge in [-0.1, -0.05) is 41.5 Å². The summed E-state index contributed by atoms with van der Waals surface area (Å²) >= 11 is 0. The molecule has 3 aromatic heterocycles. The summed E-state index contributed by atoms with van der Waals surface area (Å²) in [5.74, 6) is 1.22. The van der Waals surface area contributed by atoms with Crippen LogP contribution < -0.4 is 5.73 Å². The van der Waals surface area contributed by atoms with Gasteiger partial charge in [-0.15, -0.1) is 0 Å². The van der Waals surface area contributed by atoms with Gasteiger partial charge in [0.2, 0.25) is 0 Å². The predicted octanol–water partition coefficient (Wildman–Crippen LogP) is 4.20. The molecule has 126 valence electrons. The molecule has 0 amide bonds. The quantitative estimate of drug-likeness (QED) is 0.703. The van der Waals surface area contributed by atoms with Gasteiger partial charge in [0, 0.05) is 22.2 Å². The summed E-state index contributed by atoms with van der Waals surface area (Å²) in [6, 6.07) is 6.03. The van der Waals surface area contributed by atoms with Crippen LogP contribution in [0.3, 0.4) is 0 Å². The lowest BCUT2D eigenvalue weighted by Crippen LogP contribution is -2.14. The first-order valence-corrected chi connectivity index (χ1v) is 8.19. The first-order valence-electron chi connectivity index (χ1n) is 8.19. The molecule has 5 heteroatoms.